The molecule has 2 N–H and O–H groups in total. The zero-order valence-electron chi connectivity index (χ0n) is 15.9. The molecule has 1 unspecified atom stereocenters. The minimum atomic E-state index is -3.95. The fourth-order valence-corrected chi connectivity index (χ4v) is 4.69. The lowest BCUT2D eigenvalue weighted by molar-refractivity contribution is -0.141. The standard InChI is InChI=1S/C20H19ClN2O6S/c1-22-11-18(24)23(20(22)27)10-15(19(25)26)12-30(28,29)17-8-4-14(5-9-17)13-2-6-16(21)7-3-13/h2-9,11,15,24H,10,12H2,1H3,(H,25,26). The average molecular weight is 451 g/mol. The number of nitrogens with zero attached hydrogens (tertiary/aromatic N) is 2. The predicted molar refractivity (Wildman–Crippen MR) is 111 cm³/mol. The number of hydrogen-bond acceptors (Lipinski definition) is 5. The van der Waals surface area contributed by atoms with E-state index < -0.39 is 45.6 Å². The number of hydrogen-bond donors (Lipinski definition) is 2. The van der Waals surface area contributed by atoms with E-state index in [4.69, 9.17) is 11.6 Å². The van der Waals surface area contributed by atoms with Gasteiger partial charge in [0.15, 0.2) is 9.84 Å². The summed E-state index contributed by atoms with van der Waals surface area (Å²) in [7, 11) is -2.56. The summed E-state index contributed by atoms with van der Waals surface area (Å²) in [5.41, 5.74) is 0.996. The summed E-state index contributed by atoms with van der Waals surface area (Å²) in [4.78, 5) is 23.6. The molecule has 0 radical (unpaired) electrons. The van der Waals surface area contributed by atoms with E-state index in [1.165, 1.54) is 19.2 Å². The van der Waals surface area contributed by atoms with Gasteiger partial charge < -0.3 is 10.2 Å². The van der Waals surface area contributed by atoms with Gasteiger partial charge in [-0.3, -0.25) is 13.9 Å². The van der Waals surface area contributed by atoms with Gasteiger partial charge in [-0.05, 0) is 35.4 Å². The van der Waals surface area contributed by atoms with E-state index in [2.05, 4.69) is 0 Å². The van der Waals surface area contributed by atoms with Gasteiger partial charge in [-0.25, -0.2) is 13.2 Å². The number of benzene rings is 2. The Morgan fingerprint density at radius 2 is 1.60 bits per heavy atom. The molecule has 0 saturated heterocycles. The highest BCUT2D eigenvalue weighted by molar-refractivity contribution is 7.91. The number of imidazole rings is 1. The summed E-state index contributed by atoms with van der Waals surface area (Å²) in [5.74, 6) is -3.95. The highest BCUT2D eigenvalue weighted by Gasteiger charge is 2.28. The largest absolute Gasteiger partial charge is 0.493 e. The van der Waals surface area contributed by atoms with E-state index in [1.54, 1.807) is 36.4 Å². The van der Waals surface area contributed by atoms with Gasteiger partial charge in [0.25, 0.3) is 0 Å². The van der Waals surface area contributed by atoms with Crippen LogP contribution in [0.3, 0.4) is 0 Å². The summed E-state index contributed by atoms with van der Waals surface area (Å²) in [5, 5.41) is 19.9. The van der Waals surface area contributed by atoms with Crippen LogP contribution in [0.15, 0.2) is 64.4 Å². The Labute approximate surface area is 177 Å². The molecule has 0 fully saturated rings. The Morgan fingerprint density at radius 3 is 2.07 bits per heavy atom. The molecule has 0 bridgehead atoms. The fraction of sp³-hybridized carbons (Fsp3) is 0.200. The summed E-state index contributed by atoms with van der Waals surface area (Å²) in [6.07, 6.45) is 1.13. The minimum absolute atomic E-state index is 0.0314. The van der Waals surface area contributed by atoms with Crippen molar-refractivity contribution in [2.24, 2.45) is 13.0 Å². The predicted octanol–water partition coefficient (Wildman–Crippen LogP) is 2.39. The summed E-state index contributed by atoms with van der Waals surface area (Å²) >= 11 is 5.87. The first-order valence-electron chi connectivity index (χ1n) is 8.85. The van der Waals surface area contributed by atoms with Crippen LogP contribution in [-0.4, -0.2) is 39.5 Å². The molecule has 0 amide bonds. The first-order chi connectivity index (χ1) is 14.1. The molecule has 3 aromatic rings. The third-order valence-corrected chi connectivity index (χ3v) is 6.77. The Hall–Kier alpha value is -3.04. The highest BCUT2D eigenvalue weighted by atomic mass is 35.5. The van der Waals surface area contributed by atoms with E-state index in [1.807, 2.05) is 0 Å². The summed E-state index contributed by atoms with van der Waals surface area (Å²) < 4.78 is 27.5. The second-order valence-corrected chi connectivity index (χ2v) is 9.31. The highest BCUT2D eigenvalue weighted by Crippen LogP contribution is 2.24. The molecular formula is C20H19ClN2O6S. The smallest absolute Gasteiger partial charge is 0.330 e. The van der Waals surface area contributed by atoms with Gasteiger partial charge in [0.05, 0.1) is 22.8 Å². The van der Waals surface area contributed by atoms with Crippen LogP contribution < -0.4 is 5.69 Å². The molecule has 10 heteroatoms. The molecule has 0 saturated carbocycles. The van der Waals surface area contributed by atoms with E-state index in [0.717, 1.165) is 26.5 Å². The molecule has 158 valence electrons. The number of carbonyl (C=O) groups is 1. The van der Waals surface area contributed by atoms with Crippen LogP contribution in [0.4, 0.5) is 0 Å². The number of aromatic hydroxyl groups is 1. The van der Waals surface area contributed by atoms with Crippen molar-refractivity contribution in [3.05, 3.63) is 70.2 Å². The first-order valence-corrected chi connectivity index (χ1v) is 10.9. The van der Waals surface area contributed by atoms with Gasteiger partial charge in [-0.1, -0.05) is 35.9 Å². The van der Waals surface area contributed by atoms with Crippen LogP contribution in [0.1, 0.15) is 0 Å². The fourth-order valence-electron chi connectivity index (χ4n) is 3.04. The molecule has 0 spiro atoms. The molecule has 1 heterocycles. The van der Waals surface area contributed by atoms with E-state index in [0.29, 0.717) is 5.02 Å². The molecule has 1 atom stereocenters. The lowest BCUT2D eigenvalue weighted by atomic mass is 10.1. The van der Waals surface area contributed by atoms with Crippen LogP contribution in [0.2, 0.25) is 5.02 Å². The van der Waals surface area contributed by atoms with Gasteiger partial charge in [-0.2, -0.15) is 0 Å². The zero-order chi connectivity index (χ0) is 22.1. The van der Waals surface area contributed by atoms with Crippen molar-refractivity contribution in [3.8, 4) is 17.0 Å². The molecule has 3 rings (SSSR count). The molecule has 1 aromatic heterocycles. The monoisotopic (exact) mass is 450 g/mol. The van der Waals surface area contributed by atoms with Gasteiger partial charge in [0, 0.05) is 18.6 Å². The summed E-state index contributed by atoms with van der Waals surface area (Å²) in [6, 6.07) is 13.1. The van der Waals surface area contributed by atoms with Crippen LogP contribution >= 0.6 is 11.6 Å². The third-order valence-electron chi connectivity index (χ3n) is 4.68. The Kier molecular flexibility index (Phi) is 6.04. The van der Waals surface area contributed by atoms with E-state index in [-0.39, 0.29) is 4.90 Å². The Bertz CT molecular complexity index is 1230. The quantitative estimate of drug-likeness (QED) is 0.570. The molecule has 8 nitrogen and oxygen atoms in total. The third kappa shape index (κ3) is 4.58. The topological polar surface area (TPSA) is 119 Å². The number of halogens is 1. The zero-order valence-corrected chi connectivity index (χ0v) is 17.5. The van der Waals surface area contributed by atoms with Crippen molar-refractivity contribution in [3.63, 3.8) is 0 Å². The number of rotatable bonds is 7. The minimum Gasteiger partial charge on any atom is -0.493 e. The lowest BCUT2D eigenvalue weighted by Gasteiger charge is -2.14. The van der Waals surface area contributed by atoms with Crippen LogP contribution in [-0.2, 0) is 28.2 Å². The Balaban J connectivity index is 1.83. The number of aliphatic carboxylic acids is 1. The van der Waals surface area contributed by atoms with Crippen molar-refractivity contribution in [1.82, 2.24) is 9.13 Å². The maximum atomic E-state index is 12.8. The number of aryl methyl sites for hydroxylation is 1. The van der Waals surface area contributed by atoms with Gasteiger partial charge >= 0.3 is 11.7 Å². The normalized spacial score (nSPS) is 12.6. The second kappa shape index (κ2) is 8.37. The molecule has 0 aliphatic rings. The number of aromatic nitrogens is 2. The average Bonchev–Trinajstić information content (AvgIpc) is 2.94. The van der Waals surface area contributed by atoms with Gasteiger partial charge in [-0.15, -0.1) is 0 Å². The molecule has 30 heavy (non-hydrogen) atoms. The van der Waals surface area contributed by atoms with Crippen molar-refractivity contribution < 1.29 is 23.4 Å². The van der Waals surface area contributed by atoms with Crippen molar-refractivity contribution in [2.75, 3.05) is 5.75 Å². The number of carboxylic acid groups (broad SMARTS) is 1. The lowest BCUT2D eigenvalue weighted by Crippen LogP contribution is -2.32. The number of carboxylic acids is 1. The van der Waals surface area contributed by atoms with Gasteiger partial charge in [0.1, 0.15) is 0 Å². The van der Waals surface area contributed by atoms with Crippen molar-refractivity contribution >= 4 is 27.4 Å². The van der Waals surface area contributed by atoms with Crippen LogP contribution in [0, 0.1) is 5.92 Å². The molecular weight excluding hydrogens is 432 g/mol. The summed E-state index contributed by atoms with van der Waals surface area (Å²) in [6.45, 7) is -0.469. The SMILES string of the molecule is Cn1cc(O)n(CC(CS(=O)(=O)c2ccc(-c3ccc(Cl)cc3)cc2)C(=O)O)c1=O. The maximum absolute atomic E-state index is 12.8. The van der Waals surface area contributed by atoms with Gasteiger partial charge in [0.2, 0.25) is 5.88 Å². The molecule has 0 aliphatic heterocycles. The van der Waals surface area contributed by atoms with Crippen molar-refractivity contribution in [1.29, 1.82) is 0 Å². The molecule has 2 aromatic carbocycles. The maximum Gasteiger partial charge on any atom is 0.330 e. The van der Waals surface area contributed by atoms with Crippen molar-refractivity contribution in [2.45, 2.75) is 11.4 Å². The second-order valence-electron chi connectivity index (χ2n) is 6.84. The first kappa shape index (κ1) is 21.7. The van der Waals surface area contributed by atoms with Crippen LogP contribution in [0.5, 0.6) is 5.88 Å². The number of sulfone groups is 1. The Morgan fingerprint density at radius 1 is 1.07 bits per heavy atom. The van der Waals surface area contributed by atoms with E-state index >= 15 is 0 Å². The van der Waals surface area contributed by atoms with Crippen LogP contribution in [0.25, 0.3) is 11.1 Å². The van der Waals surface area contributed by atoms with E-state index in [9.17, 15) is 28.2 Å². The molecule has 0 aliphatic carbocycles.